The summed E-state index contributed by atoms with van der Waals surface area (Å²) in [5.74, 6) is 1.51. The molecule has 1 atom stereocenters. The number of benzene rings is 1. The Bertz CT molecular complexity index is 587. The first kappa shape index (κ1) is 15.4. The van der Waals surface area contributed by atoms with Gasteiger partial charge >= 0.3 is 0 Å². The average Bonchev–Trinajstić information content (AvgIpc) is 2.97. The van der Waals surface area contributed by atoms with Crippen molar-refractivity contribution >= 4 is 21.6 Å². The zero-order chi connectivity index (χ0) is 14.4. The Kier molecular flexibility index (Phi) is 5.46. The Hall–Kier alpha value is -1.03. The van der Waals surface area contributed by atoms with Crippen LogP contribution in [0.2, 0.25) is 0 Å². The lowest BCUT2D eigenvalue weighted by atomic mass is 10.2. The van der Waals surface area contributed by atoms with Gasteiger partial charge in [0, 0.05) is 18.1 Å². The van der Waals surface area contributed by atoms with Crippen LogP contribution in [0.15, 0.2) is 29.2 Å². The largest absolute Gasteiger partial charge is 0.377 e. The highest BCUT2D eigenvalue weighted by molar-refractivity contribution is 8.00. The van der Waals surface area contributed by atoms with E-state index >= 15 is 0 Å². The van der Waals surface area contributed by atoms with Crippen molar-refractivity contribution < 1.29 is 13.2 Å². The molecule has 4 nitrogen and oxygen atoms in total. The number of ether oxygens (including phenoxy) is 1. The minimum atomic E-state index is -3.30. The minimum absolute atomic E-state index is 0.0965. The zero-order valence-corrected chi connectivity index (χ0v) is 12.8. The fourth-order valence-electron chi connectivity index (χ4n) is 2.04. The van der Waals surface area contributed by atoms with Crippen LogP contribution in [0.3, 0.4) is 0 Å². The van der Waals surface area contributed by atoms with Crippen molar-refractivity contribution in [2.24, 2.45) is 0 Å². The van der Waals surface area contributed by atoms with E-state index in [1.807, 2.05) is 6.07 Å². The third kappa shape index (κ3) is 4.23. The molecule has 0 N–H and O–H groups in total. The number of hydrogen-bond donors (Lipinski definition) is 0. The summed E-state index contributed by atoms with van der Waals surface area (Å²) >= 11 is 1.61. The summed E-state index contributed by atoms with van der Waals surface area (Å²) in [6.45, 7) is 0.824. The molecule has 0 saturated carbocycles. The normalized spacial score (nSPS) is 18.9. The lowest BCUT2D eigenvalue weighted by molar-refractivity contribution is 0.129. The summed E-state index contributed by atoms with van der Waals surface area (Å²) in [6, 6.07) is 8.14. The van der Waals surface area contributed by atoms with E-state index in [0.717, 1.165) is 25.2 Å². The van der Waals surface area contributed by atoms with Crippen LogP contribution in [0.5, 0.6) is 0 Å². The van der Waals surface area contributed by atoms with Crippen LogP contribution >= 0.6 is 11.8 Å². The highest BCUT2D eigenvalue weighted by atomic mass is 32.2. The fourth-order valence-corrected chi connectivity index (χ4v) is 4.91. The topological polar surface area (TPSA) is 67.2 Å². The molecule has 0 spiro atoms. The first-order chi connectivity index (χ1) is 9.62. The van der Waals surface area contributed by atoms with Gasteiger partial charge in [-0.05, 0) is 31.0 Å². The van der Waals surface area contributed by atoms with Gasteiger partial charge in [0.15, 0.2) is 9.84 Å². The van der Waals surface area contributed by atoms with E-state index in [1.165, 1.54) is 6.07 Å². The van der Waals surface area contributed by atoms with Gasteiger partial charge in [0.05, 0.1) is 28.4 Å². The second-order valence-electron chi connectivity index (χ2n) is 4.67. The predicted octanol–water partition coefficient (Wildman–Crippen LogP) is 2.24. The number of nitriles is 1. The quantitative estimate of drug-likeness (QED) is 0.754. The van der Waals surface area contributed by atoms with Crippen LogP contribution in [-0.4, -0.2) is 38.4 Å². The number of sulfone groups is 1. The molecular weight excluding hydrogens is 294 g/mol. The van der Waals surface area contributed by atoms with Crippen LogP contribution in [0.1, 0.15) is 18.4 Å². The molecule has 20 heavy (non-hydrogen) atoms. The van der Waals surface area contributed by atoms with Gasteiger partial charge in [-0.25, -0.2) is 8.42 Å². The van der Waals surface area contributed by atoms with Crippen molar-refractivity contribution in [3.63, 3.8) is 0 Å². The summed E-state index contributed by atoms with van der Waals surface area (Å²) in [5.41, 5.74) is 0.373. The van der Waals surface area contributed by atoms with Gasteiger partial charge in [-0.15, -0.1) is 0 Å². The first-order valence-corrected chi connectivity index (χ1v) is 9.35. The highest BCUT2D eigenvalue weighted by Crippen LogP contribution is 2.19. The second kappa shape index (κ2) is 7.11. The molecule has 1 fully saturated rings. The summed E-state index contributed by atoms with van der Waals surface area (Å²) in [6.07, 6.45) is 2.46. The third-order valence-corrected chi connectivity index (χ3v) is 6.22. The van der Waals surface area contributed by atoms with Crippen LogP contribution in [-0.2, 0) is 14.6 Å². The number of hydrogen-bond acceptors (Lipinski definition) is 5. The molecule has 0 aliphatic carbocycles. The Morgan fingerprint density at radius 1 is 1.45 bits per heavy atom. The van der Waals surface area contributed by atoms with Gasteiger partial charge < -0.3 is 4.74 Å². The van der Waals surface area contributed by atoms with Gasteiger partial charge in [-0.3, -0.25) is 0 Å². The molecule has 2 rings (SSSR count). The van der Waals surface area contributed by atoms with Crippen LogP contribution in [0.25, 0.3) is 0 Å². The highest BCUT2D eigenvalue weighted by Gasteiger charge is 2.17. The van der Waals surface area contributed by atoms with E-state index in [1.54, 1.807) is 30.0 Å². The molecule has 108 valence electrons. The Balaban J connectivity index is 1.85. The summed E-state index contributed by atoms with van der Waals surface area (Å²) in [5, 5.41) is 8.80. The van der Waals surface area contributed by atoms with Gasteiger partial charge in [-0.2, -0.15) is 17.0 Å². The third-order valence-electron chi connectivity index (χ3n) is 3.15. The molecule has 0 bridgehead atoms. The number of nitrogens with zero attached hydrogens (tertiary/aromatic N) is 1. The molecule has 1 unspecified atom stereocenters. The number of thioether (sulfide) groups is 1. The molecule has 0 amide bonds. The maximum atomic E-state index is 12.1. The van der Waals surface area contributed by atoms with Crippen LogP contribution < -0.4 is 0 Å². The van der Waals surface area contributed by atoms with E-state index in [2.05, 4.69) is 0 Å². The van der Waals surface area contributed by atoms with E-state index < -0.39 is 9.84 Å². The molecule has 1 saturated heterocycles. The second-order valence-corrected chi connectivity index (χ2v) is 7.93. The average molecular weight is 311 g/mol. The van der Waals surface area contributed by atoms with Crippen molar-refractivity contribution in [1.82, 2.24) is 0 Å². The van der Waals surface area contributed by atoms with Gasteiger partial charge in [0.2, 0.25) is 0 Å². The monoisotopic (exact) mass is 311 g/mol. The van der Waals surface area contributed by atoms with Crippen molar-refractivity contribution in [3.05, 3.63) is 29.8 Å². The molecule has 6 heteroatoms. The lowest BCUT2D eigenvalue weighted by Crippen LogP contribution is -2.12. The molecule has 1 aliphatic rings. The van der Waals surface area contributed by atoms with Gasteiger partial charge in [0.1, 0.15) is 0 Å². The van der Waals surface area contributed by atoms with Gasteiger partial charge in [0.25, 0.3) is 0 Å². The molecular formula is C14H17NO3S2. The molecule has 1 heterocycles. The van der Waals surface area contributed by atoms with Gasteiger partial charge in [-0.1, -0.05) is 6.07 Å². The SMILES string of the molecule is N#Cc1cccc(S(=O)(=O)CCSCC2CCCO2)c1. The Morgan fingerprint density at radius 2 is 2.30 bits per heavy atom. The van der Waals surface area contributed by atoms with E-state index in [0.29, 0.717) is 11.3 Å². The zero-order valence-electron chi connectivity index (χ0n) is 11.1. The molecule has 0 radical (unpaired) electrons. The minimum Gasteiger partial charge on any atom is -0.377 e. The standard InChI is InChI=1S/C14H17NO3S2/c15-10-12-3-1-5-14(9-12)20(16,17)8-7-19-11-13-4-2-6-18-13/h1,3,5,9,13H,2,4,6-8,11H2. The lowest BCUT2D eigenvalue weighted by Gasteiger charge is -2.09. The molecule has 1 aromatic carbocycles. The first-order valence-electron chi connectivity index (χ1n) is 6.54. The molecule has 1 aromatic rings. The Labute approximate surface area is 124 Å². The summed E-state index contributed by atoms with van der Waals surface area (Å²) in [7, 11) is -3.30. The fraction of sp³-hybridized carbons (Fsp3) is 0.500. The van der Waals surface area contributed by atoms with E-state index in [-0.39, 0.29) is 16.8 Å². The summed E-state index contributed by atoms with van der Waals surface area (Å²) < 4.78 is 29.8. The van der Waals surface area contributed by atoms with Crippen molar-refractivity contribution in [2.75, 3.05) is 23.9 Å². The smallest absolute Gasteiger partial charge is 0.179 e. The predicted molar refractivity (Wildman–Crippen MR) is 79.5 cm³/mol. The van der Waals surface area contributed by atoms with E-state index in [9.17, 15) is 8.42 Å². The molecule has 1 aliphatic heterocycles. The van der Waals surface area contributed by atoms with E-state index in [4.69, 9.17) is 10.00 Å². The Morgan fingerprint density at radius 3 is 3.00 bits per heavy atom. The molecule has 0 aromatic heterocycles. The van der Waals surface area contributed by atoms with Crippen molar-refractivity contribution in [3.8, 4) is 6.07 Å². The maximum Gasteiger partial charge on any atom is 0.179 e. The van der Waals surface area contributed by atoms with Crippen molar-refractivity contribution in [2.45, 2.75) is 23.8 Å². The van der Waals surface area contributed by atoms with Crippen LogP contribution in [0.4, 0.5) is 0 Å². The number of rotatable bonds is 6. The van der Waals surface area contributed by atoms with Crippen molar-refractivity contribution in [1.29, 1.82) is 5.26 Å². The maximum absolute atomic E-state index is 12.1. The summed E-state index contributed by atoms with van der Waals surface area (Å²) in [4.78, 5) is 0.231. The van der Waals surface area contributed by atoms with Crippen LogP contribution in [0, 0.1) is 11.3 Å².